The number of Topliss-reactive ketones (excluding diaryl/α,β-unsaturated/α-hetero) is 1. The van der Waals surface area contributed by atoms with Crippen LogP contribution in [-0.4, -0.2) is 29.5 Å². The van der Waals surface area contributed by atoms with Crippen molar-refractivity contribution in [3.63, 3.8) is 0 Å². The number of nitro groups is 1. The molecule has 0 saturated heterocycles. The first-order valence-corrected chi connectivity index (χ1v) is 6.84. The Morgan fingerprint density at radius 3 is 2.52 bits per heavy atom. The van der Waals surface area contributed by atoms with Gasteiger partial charge in [0, 0.05) is 18.2 Å². The average Bonchev–Trinajstić information content (AvgIpc) is 2.59. The second-order valence-corrected chi connectivity index (χ2v) is 4.77. The highest BCUT2D eigenvalue weighted by atomic mass is 16.6. The maximum Gasteiger partial charge on any atom is 0.293 e. The van der Waals surface area contributed by atoms with Crippen LogP contribution in [0.1, 0.15) is 15.9 Å². The van der Waals surface area contributed by atoms with Crippen molar-refractivity contribution >= 4 is 17.2 Å². The predicted octanol–water partition coefficient (Wildman–Crippen LogP) is 2.39. The van der Waals surface area contributed by atoms with Gasteiger partial charge < -0.3 is 15.2 Å². The van der Waals surface area contributed by atoms with Crippen LogP contribution in [0.3, 0.4) is 0 Å². The maximum atomic E-state index is 11.4. The van der Waals surface area contributed by atoms with Gasteiger partial charge in [0.1, 0.15) is 18.0 Å². The summed E-state index contributed by atoms with van der Waals surface area (Å²) < 4.78 is 5.07. The molecule has 0 fully saturated rings. The van der Waals surface area contributed by atoms with Gasteiger partial charge in [-0.3, -0.25) is 14.9 Å². The molecule has 0 radical (unpaired) electrons. The number of nitrogens with zero attached hydrogens (tertiary/aromatic N) is 1. The number of aliphatic hydroxyl groups is 1. The third-order valence-corrected chi connectivity index (χ3v) is 3.30. The van der Waals surface area contributed by atoms with Crippen LogP contribution in [0.25, 0.3) is 0 Å². The first-order valence-electron chi connectivity index (χ1n) is 6.84. The summed E-state index contributed by atoms with van der Waals surface area (Å²) in [7, 11) is 1.58. The van der Waals surface area contributed by atoms with Gasteiger partial charge in [-0.1, -0.05) is 12.1 Å². The van der Waals surface area contributed by atoms with Crippen molar-refractivity contribution in [1.29, 1.82) is 0 Å². The molecule has 7 heteroatoms. The Morgan fingerprint density at radius 2 is 1.96 bits per heavy atom. The topological polar surface area (TPSA) is 102 Å². The van der Waals surface area contributed by atoms with Crippen LogP contribution in [0.4, 0.5) is 11.4 Å². The number of ketones is 1. The van der Waals surface area contributed by atoms with Crippen LogP contribution in [0.5, 0.6) is 5.75 Å². The van der Waals surface area contributed by atoms with Crippen molar-refractivity contribution in [1.82, 2.24) is 0 Å². The standard InChI is InChI=1S/C16H16N2O5/c1-23-13-5-2-11(3-6-13)9-17-14-7-4-12(16(20)10-19)8-15(14)18(21)22/h2-8,17,19H,9-10H2,1H3. The van der Waals surface area contributed by atoms with E-state index < -0.39 is 17.3 Å². The number of anilines is 1. The number of rotatable bonds is 7. The molecule has 0 bridgehead atoms. The number of nitrogens with one attached hydrogen (secondary N) is 1. The smallest absolute Gasteiger partial charge is 0.293 e. The zero-order valence-corrected chi connectivity index (χ0v) is 12.5. The van der Waals surface area contributed by atoms with Gasteiger partial charge >= 0.3 is 0 Å². The van der Waals surface area contributed by atoms with E-state index in [-0.39, 0.29) is 11.3 Å². The zero-order chi connectivity index (χ0) is 16.8. The van der Waals surface area contributed by atoms with Gasteiger partial charge in [0.2, 0.25) is 0 Å². The molecule has 120 valence electrons. The lowest BCUT2D eigenvalue weighted by Gasteiger charge is -2.09. The molecule has 2 rings (SSSR count). The van der Waals surface area contributed by atoms with Gasteiger partial charge in [0.05, 0.1) is 12.0 Å². The minimum Gasteiger partial charge on any atom is -0.497 e. The number of hydrogen-bond acceptors (Lipinski definition) is 6. The molecule has 0 heterocycles. The van der Waals surface area contributed by atoms with Crippen LogP contribution in [0, 0.1) is 10.1 Å². The van der Waals surface area contributed by atoms with E-state index in [1.807, 2.05) is 12.1 Å². The summed E-state index contributed by atoms with van der Waals surface area (Å²) in [5, 5.41) is 23.0. The fraction of sp³-hybridized carbons (Fsp3) is 0.188. The van der Waals surface area contributed by atoms with Crippen molar-refractivity contribution in [2.75, 3.05) is 19.0 Å². The van der Waals surface area contributed by atoms with E-state index >= 15 is 0 Å². The van der Waals surface area contributed by atoms with Crippen LogP contribution >= 0.6 is 0 Å². The summed E-state index contributed by atoms with van der Waals surface area (Å²) >= 11 is 0. The normalized spacial score (nSPS) is 10.2. The van der Waals surface area contributed by atoms with E-state index in [1.165, 1.54) is 12.1 Å². The molecule has 2 aromatic rings. The number of aliphatic hydroxyl groups excluding tert-OH is 1. The highest BCUT2D eigenvalue weighted by Gasteiger charge is 2.17. The molecule has 0 aromatic heterocycles. The maximum absolute atomic E-state index is 11.4. The number of methoxy groups -OCH3 is 1. The summed E-state index contributed by atoms with van der Waals surface area (Å²) in [5.41, 5.74) is 1.13. The Morgan fingerprint density at radius 1 is 1.26 bits per heavy atom. The SMILES string of the molecule is COc1ccc(CNc2ccc(C(=O)CO)cc2[N+](=O)[O-])cc1. The molecule has 0 aliphatic rings. The van der Waals surface area contributed by atoms with Crippen LogP contribution in [-0.2, 0) is 6.54 Å². The minimum absolute atomic E-state index is 0.106. The van der Waals surface area contributed by atoms with Crippen molar-refractivity contribution in [3.05, 3.63) is 63.7 Å². The predicted molar refractivity (Wildman–Crippen MR) is 84.8 cm³/mol. The Hall–Kier alpha value is -2.93. The molecular weight excluding hydrogens is 300 g/mol. The summed E-state index contributed by atoms with van der Waals surface area (Å²) in [5.74, 6) is 0.168. The Labute approximate surface area is 132 Å². The van der Waals surface area contributed by atoms with Crippen molar-refractivity contribution in [2.45, 2.75) is 6.54 Å². The Kier molecular flexibility index (Phi) is 5.27. The minimum atomic E-state index is -0.685. The number of carbonyl (C=O) groups excluding carboxylic acids is 1. The second-order valence-electron chi connectivity index (χ2n) is 4.77. The van der Waals surface area contributed by atoms with Gasteiger partial charge in [-0.15, -0.1) is 0 Å². The van der Waals surface area contributed by atoms with Gasteiger partial charge in [-0.2, -0.15) is 0 Å². The molecule has 0 aliphatic heterocycles. The lowest BCUT2D eigenvalue weighted by atomic mass is 10.1. The summed E-state index contributed by atoms with van der Waals surface area (Å²) in [6, 6.07) is 11.4. The third kappa shape index (κ3) is 4.04. The van der Waals surface area contributed by atoms with Gasteiger partial charge in [0.15, 0.2) is 5.78 Å². The quantitative estimate of drug-likeness (QED) is 0.462. The molecule has 7 nitrogen and oxygen atoms in total. The van der Waals surface area contributed by atoms with E-state index in [0.717, 1.165) is 17.4 Å². The summed E-state index contributed by atoms with van der Waals surface area (Å²) in [6.45, 7) is -0.298. The molecule has 2 aromatic carbocycles. The monoisotopic (exact) mass is 316 g/mol. The molecule has 23 heavy (non-hydrogen) atoms. The van der Waals surface area contributed by atoms with Crippen molar-refractivity contribution in [3.8, 4) is 5.75 Å². The highest BCUT2D eigenvalue weighted by Crippen LogP contribution is 2.26. The molecular formula is C16H16N2O5. The lowest BCUT2D eigenvalue weighted by Crippen LogP contribution is -2.07. The van der Waals surface area contributed by atoms with Crippen LogP contribution in [0.2, 0.25) is 0 Å². The molecule has 0 unspecified atom stereocenters. The fourth-order valence-corrected chi connectivity index (χ4v) is 2.04. The number of benzene rings is 2. The number of ether oxygens (including phenoxy) is 1. The number of carbonyl (C=O) groups is 1. The average molecular weight is 316 g/mol. The van der Waals surface area contributed by atoms with E-state index in [0.29, 0.717) is 12.2 Å². The van der Waals surface area contributed by atoms with E-state index in [2.05, 4.69) is 5.32 Å². The van der Waals surface area contributed by atoms with Gasteiger partial charge in [-0.25, -0.2) is 0 Å². The van der Waals surface area contributed by atoms with Gasteiger partial charge in [0.25, 0.3) is 5.69 Å². The summed E-state index contributed by atoms with van der Waals surface area (Å²) in [4.78, 5) is 22.0. The molecule has 0 saturated carbocycles. The molecule has 2 N–H and O–H groups in total. The summed E-state index contributed by atoms with van der Waals surface area (Å²) in [6.07, 6.45) is 0. The second kappa shape index (κ2) is 7.37. The lowest BCUT2D eigenvalue weighted by molar-refractivity contribution is -0.384. The molecule has 0 atom stereocenters. The Bertz CT molecular complexity index is 713. The fourth-order valence-electron chi connectivity index (χ4n) is 2.04. The van der Waals surface area contributed by atoms with Crippen LogP contribution in [0.15, 0.2) is 42.5 Å². The first-order chi connectivity index (χ1) is 11.0. The third-order valence-electron chi connectivity index (χ3n) is 3.30. The zero-order valence-electron chi connectivity index (χ0n) is 12.5. The van der Waals surface area contributed by atoms with E-state index in [9.17, 15) is 14.9 Å². The number of nitro benzene ring substituents is 1. The van der Waals surface area contributed by atoms with E-state index in [1.54, 1.807) is 19.2 Å². The van der Waals surface area contributed by atoms with Crippen molar-refractivity contribution < 1.29 is 19.6 Å². The van der Waals surface area contributed by atoms with Crippen LogP contribution < -0.4 is 10.1 Å². The van der Waals surface area contributed by atoms with E-state index in [4.69, 9.17) is 9.84 Å². The first kappa shape index (κ1) is 16.4. The molecule has 0 spiro atoms. The van der Waals surface area contributed by atoms with Gasteiger partial charge in [-0.05, 0) is 29.8 Å². The molecule has 0 aliphatic carbocycles. The Balaban J connectivity index is 2.18. The van der Waals surface area contributed by atoms with Crippen molar-refractivity contribution in [2.24, 2.45) is 0 Å². The highest BCUT2D eigenvalue weighted by molar-refractivity contribution is 5.98. The molecule has 0 amide bonds. The largest absolute Gasteiger partial charge is 0.497 e. The number of hydrogen-bond donors (Lipinski definition) is 2.